The summed E-state index contributed by atoms with van der Waals surface area (Å²) in [6.07, 6.45) is 0.713. The van der Waals surface area contributed by atoms with Crippen molar-refractivity contribution in [3.05, 3.63) is 58.6 Å². The fourth-order valence-corrected chi connectivity index (χ4v) is 3.58. The fourth-order valence-electron chi connectivity index (χ4n) is 1.98. The number of carbonyl (C=O) groups is 1. The van der Waals surface area contributed by atoms with Crippen LogP contribution in [0.1, 0.15) is 23.7 Å². The highest BCUT2D eigenvalue weighted by atomic mass is 79.9. The number of hydrogen-bond acceptors (Lipinski definition) is 4. The molecule has 2 aromatic rings. The lowest BCUT2D eigenvalue weighted by atomic mass is 10.2. The molecule has 2 rings (SSSR count). The van der Waals surface area contributed by atoms with Crippen LogP contribution in [0.2, 0.25) is 0 Å². The monoisotopic (exact) mass is 455 g/mol. The number of rotatable bonds is 6. The SMILES string of the molecule is CCCNS(=O)(=O)c1ccc(NC(=S)NC(=O)c2ccc(Br)cc2)cc1. The lowest BCUT2D eigenvalue weighted by Gasteiger charge is -2.11. The Balaban J connectivity index is 1.97. The van der Waals surface area contributed by atoms with Crippen LogP contribution in [0.25, 0.3) is 0 Å². The van der Waals surface area contributed by atoms with Crippen molar-refractivity contribution in [2.75, 3.05) is 11.9 Å². The summed E-state index contributed by atoms with van der Waals surface area (Å²) in [6.45, 7) is 2.27. The summed E-state index contributed by atoms with van der Waals surface area (Å²) in [5.74, 6) is -0.335. The molecule has 2 aromatic carbocycles. The zero-order valence-corrected chi connectivity index (χ0v) is 17.2. The van der Waals surface area contributed by atoms with Crippen LogP contribution in [0, 0.1) is 0 Å². The highest BCUT2D eigenvalue weighted by Gasteiger charge is 2.13. The molecule has 0 bridgehead atoms. The Labute approximate surface area is 166 Å². The minimum absolute atomic E-state index is 0.123. The largest absolute Gasteiger partial charge is 0.332 e. The summed E-state index contributed by atoms with van der Waals surface area (Å²) in [5.41, 5.74) is 1.04. The Morgan fingerprint density at radius 2 is 1.69 bits per heavy atom. The van der Waals surface area contributed by atoms with Crippen LogP contribution in [0.3, 0.4) is 0 Å². The van der Waals surface area contributed by atoms with E-state index >= 15 is 0 Å². The Hall–Kier alpha value is -1.81. The number of nitrogens with one attached hydrogen (secondary N) is 3. The van der Waals surface area contributed by atoms with Gasteiger partial charge in [0.15, 0.2) is 5.11 Å². The average Bonchev–Trinajstić information content (AvgIpc) is 2.61. The molecule has 0 heterocycles. The van der Waals surface area contributed by atoms with Crippen LogP contribution in [-0.4, -0.2) is 26.0 Å². The first-order valence-electron chi connectivity index (χ1n) is 7.79. The Morgan fingerprint density at radius 3 is 2.27 bits per heavy atom. The summed E-state index contributed by atoms with van der Waals surface area (Å²) in [4.78, 5) is 12.3. The molecular formula is C17H18BrN3O3S2. The second-order valence-electron chi connectivity index (χ2n) is 5.34. The molecule has 26 heavy (non-hydrogen) atoms. The number of benzene rings is 2. The van der Waals surface area contributed by atoms with E-state index in [1.54, 1.807) is 36.4 Å². The van der Waals surface area contributed by atoms with Crippen molar-refractivity contribution >= 4 is 54.9 Å². The van der Waals surface area contributed by atoms with Gasteiger partial charge < -0.3 is 5.32 Å². The number of carbonyl (C=O) groups excluding carboxylic acids is 1. The third-order valence-corrected chi connectivity index (χ3v) is 5.51. The predicted octanol–water partition coefficient (Wildman–Crippen LogP) is 3.26. The maximum atomic E-state index is 12.1. The lowest BCUT2D eigenvalue weighted by molar-refractivity contribution is 0.0977. The van der Waals surface area contributed by atoms with Crippen molar-refractivity contribution in [3.63, 3.8) is 0 Å². The van der Waals surface area contributed by atoms with E-state index in [1.807, 2.05) is 6.92 Å². The molecule has 0 radical (unpaired) electrons. The number of anilines is 1. The molecule has 1 amide bonds. The quantitative estimate of drug-likeness (QED) is 0.581. The molecule has 0 aliphatic rings. The van der Waals surface area contributed by atoms with E-state index in [9.17, 15) is 13.2 Å². The summed E-state index contributed by atoms with van der Waals surface area (Å²) in [5, 5.41) is 5.55. The average molecular weight is 456 g/mol. The van der Waals surface area contributed by atoms with Gasteiger partial charge in [0.05, 0.1) is 4.90 Å². The molecular weight excluding hydrogens is 438 g/mol. The van der Waals surface area contributed by atoms with E-state index < -0.39 is 10.0 Å². The third kappa shape index (κ3) is 5.87. The van der Waals surface area contributed by atoms with E-state index in [4.69, 9.17) is 12.2 Å². The van der Waals surface area contributed by atoms with E-state index in [2.05, 4.69) is 31.3 Å². The predicted molar refractivity (Wildman–Crippen MR) is 110 cm³/mol. The van der Waals surface area contributed by atoms with Crippen LogP contribution in [0.4, 0.5) is 5.69 Å². The first-order chi connectivity index (χ1) is 12.3. The molecule has 0 saturated carbocycles. The van der Waals surface area contributed by atoms with Gasteiger partial charge in [-0.05, 0) is 67.2 Å². The zero-order valence-electron chi connectivity index (χ0n) is 14.0. The van der Waals surface area contributed by atoms with Crippen molar-refractivity contribution < 1.29 is 13.2 Å². The van der Waals surface area contributed by atoms with Crippen molar-refractivity contribution in [3.8, 4) is 0 Å². The molecule has 9 heteroatoms. The first kappa shape index (κ1) is 20.5. The minimum Gasteiger partial charge on any atom is -0.332 e. The van der Waals surface area contributed by atoms with Gasteiger partial charge in [0.25, 0.3) is 5.91 Å². The summed E-state index contributed by atoms with van der Waals surface area (Å²) in [7, 11) is -3.51. The topological polar surface area (TPSA) is 87.3 Å². The molecule has 0 aliphatic carbocycles. The minimum atomic E-state index is -3.51. The van der Waals surface area contributed by atoms with Crippen LogP contribution in [0.5, 0.6) is 0 Å². The lowest BCUT2D eigenvalue weighted by Crippen LogP contribution is -2.34. The van der Waals surface area contributed by atoms with Crippen LogP contribution >= 0.6 is 28.1 Å². The molecule has 3 N–H and O–H groups in total. The third-order valence-electron chi connectivity index (χ3n) is 3.30. The van der Waals surface area contributed by atoms with Crippen LogP contribution in [-0.2, 0) is 10.0 Å². The Kier molecular flexibility index (Phi) is 7.27. The van der Waals surface area contributed by atoms with Crippen LogP contribution < -0.4 is 15.4 Å². The maximum absolute atomic E-state index is 12.1. The van der Waals surface area contributed by atoms with E-state index in [-0.39, 0.29) is 15.9 Å². The standard InChI is InChI=1S/C17H18BrN3O3S2/c1-2-11-19-26(23,24)15-9-7-14(8-10-15)20-17(25)21-16(22)12-3-5-13(18)6-4-12/h3-10,19H,2,11H2,1H3,(H2,20,21,22,25). The molecule has 0 fully saturated rings. The number of sulfonamides is 1. The van der Waals surface area contributed by atoms with Gasteiger partial charge in [0, 0.05) is 22.3 Å². The molecule has 0 unspecified atom stereocenters. The van der Waals surface area contributed by atoms with Crippen molar-refractivity contribution in [2.24, 2.45) is 0 Å². The Bertz CT molecular complexity index is 882. The van der Waals surface area contributed by atoms with Crippen LogP contribution in [0.15, 0.2) is 57.9 Å². The van der Waals surface area contributed by atoms with Gasteiger partial charge in [-0.3, -0.25) is 10.1 Å². The van der Waals surface area contributed by atoms with Crippen molar-refractivity contribution in [1.29, 1.82) is 0 Å². The number of halogens is 1. The van der Waals surface area contributed by atoms with E-state index in [0.29, 0.717) is 24.2 Å². The van der Waals surface area contributed by atoms with E-state index in [0.717, 1.165) is 4.47 Å². The molecule has 138 valence electrons. The fraction of sp³-hybridized carbons (Fsp3) is 0.176. The van der Waals surface area contributed by atoms with Gasteiger partial charge in [0.1, 0.15) is 0 Å². The van der Waals surface area contributed by atoms with Crippen molar-refractivity contribution in [2.45, 2.75) is 18.2 Å². The first-order valence-corrected chi connectivity index (χ1v) is 10.5. The molecule has 0 atom stereocenters. The number of hydrogen-bond donors (Lipinski definition) is 3. The molecule has 0 spiro atoms. The number of thiocarbonyl (C=S) groups is 1. The summed E-state index contributed by atoms with van der Waals surface area (Å²) < 4.78 is 27.4. The molecule has 0 aromatic heterocycles. The zero-order chi connectivity index (χ0) is 19.2. The van der Waals surface area contributed by atoms with Gasteiger partial charge in [-0.25, -0.2) is 13.1 Å². The van der Waals surface area contributed by atoms with Crippen molar-refractivity contribution in [1.82, 2.24) is 10.0 Å². The smallest absolute Gasteiger partial charge is 0.257 e. The van der Waals surface area contributed by atoms with Gasteiger partial charge in [-0.1, -0.05) is 22.9 Å². The number of amides is 1. The molecule has 0 saturated heterocycles. The summed E-state index contributed by atoms with van der Waals surface area (Å²) in [6, 6.07) is 13.0. The molecule has 0 aliphatic heterocycles. The normalized spacial score (nSPS) is 11.0. The second-order valence-corrected chi connectivity index (χ2v) is 8.43. The highest BCUT2D eigenvalue weighted by Crippen LogP contribution is 2.14. The second kappa shape index (κ2) is 9.22. The Morgan fingerprint density at radius 1 is 1.08 bits per heavy atom. The molecule has 6 nitrogen and oxygen atoms in total. The van der Waals surface area contributed by atoms with Gasteiger partial charge in [0.2, 0.25) is 10.0 Å². The highest BCUT2D eigenvalue weighted by molar-refractivity contribution is 9.10. The van der Waals surface area contributed by atoms with Gasteiger partial charge >= 0.3 is 0 Å². The van der Waals surface area contributed by atoms with E-state index in [1.165, 1.54) is 12.1 Å². The maximum Gasteiger partial charge on any atom is 0.257 e. The summed E-state index contributed by atoms with van der Waals surface area (Å²) >= 11 is 8.42. The van der Waals surface area contributed by atoms with Gasteiger partial charge in [-0.15, -0.1) is 0 Å². The van der Waals surface area contributed by atoms with Gasteiger partial charge in [-0.2, -0.15) is 0 Å².